The van der Waals surface area contributed by atoms with Crippen molar-refractivity contribution < 1.29 is 27.3 Å². The van der Waals surface area contributed by atoms with Gasteiger partial charge in [0.05, 0.1) is 5.56 Å². The molecular formula is C16H15F2N3O4. The van der Waals surface area contributed by atoms with E-state index in [0.29, 0.717) is 34.7 Å². The van der Waals surface area contributed by atoms with Crippen molar-refractivity contribution in [2.45, 2.75) is 33.8 Å². The Hall–Kier alpha value is -2.97. The number of nitrogens with zero attached hydrogens (tertiary/aromatic N) is 2. The third-order valence-corrected chi connectivity index (χ3v) is 3.64. The van der Waals surface area contributed by atoms with E-state index >= 15 is 0 Å². The minimum atomic E-state index is -3.05. The summed E-state index contributed by atoms with van der Waals surface area (Å²) in [5.41, 5.74) is 1.14. The molecule has 0 bridgehead atoms. The van der Waals surface area contributed by atoms with E-state index in [-0.39, 0.29) is 17.0 Å². The molecule has 3 heterocycles. The molecule has 0 aliphatic carbocycles. The summed E-state index contributed by atoms with van der Waals surface area (Å²) >= 11 is 0. The summed E-state index contributed by atoms with van der Waals surface area (Å²) in [6.45, 7) is 2.14. The fourth-order valence-corrected chi connectivity index (χ4v) is 2.42. The highest BCUT2D eigenvalue weighted by atomic mass is 19.3. The van der Waals surface area contributed by atoms with Crippen molar-refractivity contribution in [2.24, 2.45) is 0 Å². The second kappa shape index (κ2) is 6.50. The number of ether oxygens (including phenoxy) is 1. The maximum absolute atomic E-state index is 12.6. The average molecular weight is 351 g/mol. The smallest absolute Gasteiger partial charge is 0.388 e. The third kappa shape index (κ3) is 3.17. The van der Waals surface area contributed by atoms with Crippen LogP contribution >= 0.6 is 0 Å². The van der Waals surface area contributed by atoms with Gasteiger partial charge >= 0.3 is 6.61 Å². The number of nitrogens with one attached hydrogen (secondary N) is 1. The molecule has 132 valence electrons. The first kappa shape index (κ1) is 16.9. The molecule has 0 spiro atoms. The summed E-state index contributed by atoms with van der Waals surface area (Å²) in [6, 6.07) is 1.61. The van der Waals surface area contributed by atoms with Crippen molar-refractivity contribution in [2.75, 3.05) is 5.32 Å². The van der Waals surface area contributed by atoms with Crippen LogP contribution < -0.4 is 10.1 Å². The summed E-state index contributed by atoms with van der Waals surface area (Å²) in [5, 5.41) is 6.79. The Bertz CT molecular complexity index is 913. The van der Waals surface area contributed by atoms with Crippen molar-refractivity contribution in [3.05, 3.63) is 35.0 Å². The molecule has 0 aliphatic rings. The zero-order chi connectivity index (χ0) is 18.1. The molecule has 1 amide bonds. The predicted octanol–water partition coefficient (Wildman–Crippen LogP) is 3.85. The highest BCUT2D eigenvalue weighted by molar-refractivity contribution is 6.13. The van der Waals surface area contributed by atoms with E-state index in [9.17, 15) is 13.6 Å². The monoisotopic (exact) mass is 351 g/mol. The molecule has 0 aromatic carbocycles. The predicted molar refractivity (Wildman–Crippen MR) is 83.9 cm³/mol. The largest absolute Gasteiger partial charge is 0.455 e. The van der Waals surface area contributed by atoms with Gasteiger partial charge in [-0.15, -0.1) is 0 Å². The Morgan fingerprint density at radius 3 is 2.76 bits per heavy atom. The number of hydrogen-bond acceptors (Lipinski definition) is 6. The van der Waals surface area contributed by atoms with Crippen molar-refractivity contribution in [3.8, 4) is 5.88 Å². The van der Waals surface area contributed by atoms with Crippen molar-refractivity contribution in [1.29, 1.82) is 0 Å². The normalized spacial score (nSPS) is 11.3. The molecule has 0 aliphatic heterocycles. The van der Waals surface area contributed by atoms with Gasteiger partial charge in [-0.05, 0) is 19.9 Å². The molecule has 3 aromatic heterocycles. The Labute approximate surface area is 140 Å². The van der Waals surface area contributed by atoms with E-state index in [1.165, 1.54) is 6.20 Å². The lowest BCUT2D eigenvalue weighted by atomic mass is 10.1. The molecule has 9 heteroatoms. The van der Waals surface area contributed by atoms with E-state index in [2.05, 4.69) is 20.2 Å². The van der Waals surface area contributed by atoms with E-state index in [1.54, 1.807) is 19.9 Å². The number of rotatable bonds is 5. The van der Waals surface area contributed by atoms with Crippen LogP contribution in [0.25, 0.3) is 11.0 Å². The molecule has 3 aromatic rings. The molecule has 0 atom stereocenters. The van der Waals surface area contributed by atoms with E-state index < -0.39 is 12.5 Å². The molecule has 0 radical (unpaired) electrons. The molecular weight excluding hydrogens is 336 g/mol. The second-order valence-corrected chi connectivity index (χ2v) is 5.32. The zero-order valence-corrected chi connectivity index (χ0v) is 13.7. The minimum absolute atomic E-state index is 0.00330. The number of furan rings is 1. The zero-order valence-electron chi connectivity index (χ0n) is 13.7. The fraction of sp³-hybridized carbons (Fsp3) is 0.312. The number of carbonyl (C=O) groups excluding carboxylic acids is 1. The first-order valence-electron chi connectivity index (χ1n) is 7.51. The van der Waals surface area contributed by atoms with Crippen LogP contribution in [0, 0.1) is 13.8 Å². The number of carbonyl (C=O) groups is 1. The van der Waals surface area contributed by atoms with Gasteiger partial charge < -0.3 is 19.0 Å². The maximum Gasteiger partial charge on any atom is 0.388 e. The Kier molecular flexibility index (Phi) is 4.39. The van der Waals surface area contributed by atoms with E-state index in [4.69, 9.17) is 8.94 Å². The summed E-state index contributed by atoms with van der Waals surface area (Å²) in [6.07, 6.45) is 1.69. The highest BCUT2D eigenvalue weighted by Gasteiger charge is 2.22. The number of hydrogen-bond donors (Lipinski definition) is 1. The van der Waals surface area contributed by atoms with Crippen molar-refractivity contribution >= 4 is 22.6 Å². The summed E-state index contributed by atoms with van der Waals surface area (Å²) in [4.78, 5) is 16.4. The number of aromatic nitrogens is 2. The van der Waals surface area contributed by atoms with Gasteiger partial charge in [0.1, 0.15) is 17.1 Å². The van der Waals surface area contributed by atoms with Crippen LogP contribution in [0.5, 0.6) is 5.88 Å². The summed E-state index contributed by atoms with van der Waals surface area (Å²) in [5.74, 6) is 0.125. The number of fused-ring (bicyclic) bond motifs is 1. The van der Waals surface area contributed by atoms with Gasteiger partial charge in [0.2, 0.25) is 0 Å². The van der Waals surface area contributed by atoms with Crippen molar-refractivity contribution in [1.82, 2.24) is 10.1 Å². The number of halogens is 2. The lowest BCUT2D eigenvalue weighted by molar-refractivity contribution is -0.0523. The van der Waals surface area contributed by atoms with Gasteiger partial charge in [-0.1, -0.05) is 12.1 Å². The lowest BCUT2D eigenvalue weighted by Gasteiger charge is -2.07. The summed E-state index contributed by atoms with van der Waals surface area (Å²) < 4.78 is 39.9. The first-order valence-corrected chi connectivity index (χ1v) is 7.51. The van der Waals surface area contributed by atoms with Gasteiger partial charge in [0.15, 0.2) is 11.3 Å². The van der Waals surface area contributed by atoms with Gasteiger partial charge in [-0.25, -0.2) is 4.98 Å². The number of pyridine rings is 1. The molecule has 25 heavy (non-hydrogen) atoms. The van der Waals surface area contributed by atoms with Crippen LogP contribution in [0.1, 0.15) is 34.5 Å². The fourth-order valence-electron chi connectivity index (χ4n) is 2.42. The maximum atomic E-state index is 12.6. The van der Waals surface area contributed by atoms with Gasteiger partial charge in [0.25, 0.3) is 11.8 Å². The average Bonchev–Trinajstić information content (AvgIpc) is 3.13. The van der Waals surface area contributed by atoms with Crippen LogP contribution in [0.4, 0.5) is 14.5 Å². The second-order valence-electron chi connectivity index (χ2n) is 5.32. The number of anilines is 1. The molecule has 0 saturated heterocycles. The van der Waals surface area contributed by atoms with Crippen LogP contribution in [0.3, 0.4) is 0 Å². The molecule has 0 saturated carbocycles. The van der Waals surface area contributed by atoms with Crippen LogP contribution in [0.2, 0.25) is 0 Å². The minimum Gasteiger partial charge on any atom is -0.455 e. The number of alkyl halides is 2. The van der Waals surface area contributed by atoms with Crippen molar-refractivity contribution in [3.63, 3.8) is 0 Å². The molecule has 7 nitrogen and oxygen atoms in total. The molecule has 0 fully saturated rings. The van der Waals surface area contributed by atoms with Crippen LogP contribution in [-0.4, -0.2) is 22.7 Å². The molecule has 0 unspecified atom stereocenters. The molecule has 3 rings (SSSR count). The Morgan fingerprint density at radius 2 is 2.16 bits per heavy atom. The lowest BCUT2D eigenvalue weighted by Crippen LogP contribution is -2.14. The summed E-state index contributed by atoms with van der Waals surface area (Å²) in [7, 11) is 0. The Morgan fingerprint density at radius 1 is 1.40 bits per heavy atom. The van der Waals surface area contributed by atoms with Gasteiger partial charge in [0, 0.05) is 18.0 Å². The van der Waals surface area contributed by atoms with E-state index in [1.807, 2.05) is 6.92 Å². The molecule has 1 N–H and O–H groups in total. The number of amides is 1. The van der Waals surface area contributed by atoms with Crippen LogP contribution in [-0.2, 0) is 6.42 Å². The SMILES string of the molecule is CCc1cc2c(C(=O)Nc3c(C)noc3C)cnc(OC(F)F)c2o1. The van der Waals surface area contributed by atoms with Gasteiger partial charge in [-0.2, -0.15) is 8.78 Å². The quantitative estimate of drug-likeness (QED) is 0.751. The van der Waals surface area contributed by atoms with Gasteiger partial charge in [-0.3, -0.25) is 4.79 Å². The first-order chi connectivity index (χ1) is 11.9. The standard InChI is InChI=1S/C16H15F2N3O4/c1-4-9-5-10-11(6-19-15(13(10)23-9)24-16(17)18)14(22)20-12-7(2)21-25-8(12)3/h5-6,16H,4H2,1-3H3,(H,20,22). The highest BCUT2D eigenvalue weighted by Crippen LogP contribution is 2.31. The number of aryl methyl sites for hydroxylation is 3. The Balaban J connectivity index is 2.04. The third-order valence-electron chi connectivity index (χ3n) is 3.64. The van der Waals surface area contributed by atoms with Crippen LogP contribution in [0.15, 0.2) is 21.2 Å². The van der Waals surface area contributed by atoms with E-state index in [0.717, 1.165) is 0 Å². The topological polar surface area (TPSA) is 90.4 Å².